The molecule has 3 amide bonds. The van der Waals surface area contributed by atoms with Crippen LogP contribution in [0.4, 0.5) is 4.79 Å². The number of hydrogen-bond donors (Lipinski definition) is 3. The smallest absolute Gasteiger partial charge is 0.326 e. The number of nitrogens with zero attached hydrogens (tertiary/aromatic N) is 1. The third-order valence-electron chi connectivity index (χ3n) is 3.05. The molecule has 0 saturated carbocycles. The number of carboxylic acid groups (broad SMARTS) is 1. The number of rotatable bonds is 3. The van der Waals surface area contributed by atoms with E-state index < -0.39 is 30.0 Å². The third kappa shape index (κ3) is 3.61. The lowest BCUT2D eigenvalue weighted by molar-refractivity contribution is -0.150. The van der Waals surface area contributed by atoms with Gasteiger partial charge in [0.2, 0.25) is 5.91 Å². The van der Waals surface area contributed by atoms with Crippen molar-refractivity contribution >= 4 is 17.9 Å². The van der Waals surface area contributed by atoms with Crippen LogP contribution >= 0.6 is 0 Å². The van der Waals surface area contributed by atoms with E-state index in [9.17, 15) is 14.4 Å². The SMILES string of the molecule is CC(NC(N)=O)C(=O)N1CCCCCC1C(=O)O. The highest BCUT2D eigenvalue weighted by Crippen LogP contribution is 2.18. The average Bonchev–Trinajstić information content (AvgIpc) is 2.52. The van der Waals surface area contributed by atoms with Crippen LogP contribution in [0.1, 0.15) is 32.6 Å². The molecule has 0 aliphatic carbocycles. The summed E-state index contributed by atoms with van der Waals surface area (Å²) < 4.78 is 0. The summed E-state index contributed by atoms with van der Waals surface area (Å²) in [5.74, 6) is -1.40. The van der Waals surface area contributed by atoms with Gasteiger partial charge in [0.05, 0.1) is 0 Å². The predicted molar refractivity (Wildman–Crippen MR) is 63.8 cm³/mol. The summed E-state index contributed by atoms with van der Waals surface area (Å²) in [5.41, 5.74) is 4.95. The molecule has 0 aromatic carbocycles. The largest absolute Gasteiger partial charge is 0.480 e. The fourth-order valence-corrected chi connectivity index (χ4v) is 2.15. The van der Waals surface area contributed by atoms with Crippen LogP contribution in [0.3, 0.4) is 0 Å². The second-order valence-corrected chi connectivity index (χ2v) is 4.47. The molecule has 0 aromatic heterocycles. The maximum Gasteiger partial charge on any atom is 0.326 e. The fourth-order valence-electron chi connectivity index (χ4n) is 2.15. The maximum atomic E-state index is 12.1. The second-order valence-electron chi connectivity index (χ2n) is 4.47. The first-order chi connectivity index (χ1) is 8.43. The molecule has 7 heteroatoms. The van der Waals surface area contributed by atoms with E-state index in [2.05, 4.69) is 5.32 Å². The molecule has 102 valence electrons. The van der Waals surface area contributed by atoms with Crippen molar-refractivity contribution in [1.82, 2.24) is 10.2 Å². The van der Waals surface area contributed by atoms with Crippen LogP contribution in [0.5, 0.6) is 0 Å². The zero-order valence-corrected chi connectivity index (χ0v) is 10.4. The van der Waals surface area contributed by atoms with Crippen molar-refractivity contribution in [3.8, 4) is 0 Å². The maximum absolute atomic E-state index is 12.1. The Hall–Kier alpha value is -1.79. The number of aliphatic carboxylic acids is 1. The van der Waals surface area contributed by atoms with Crippen LogP contribution in [0, 0.1) is 0 Å². The normalized spacial score (nSPS) is 21.8. The van der Waals surface area contributed by atoms with Gasteiger partial charge >= 0.3 is 12.0 Å². The Morgan fingerprint density at radius 1 is 1.33 bits per heavy atom. The predicted octanol–water partition coefficient (Wildman–Crippen LogP) is -0.101. The monoisotopic (exact) mass is 257 g/mol. The molecule has 1 aliphatic heterocycles. The Balaban J connectivity index is 2.78. The van der Waals surface area contributed by atoms with E-state index >= 15 is 0 Å². The van der Waals surface area contributed by atoms with Gasteiger partial charge in [-0.1, -0.05) is 12.8 Å². The Morgan fingerprint density at radius 3 is 2.56 bits per heavy atom. The van der Waals surface area contributed by atoms with Crippen molar-refractivity contribution in [1.29, 1.82) is 0 Å². The summed E-state index contributed by atoms with van der Waals surface area (Å²) in [6.45, 7) is 1.90. The van der Waals surface area contributed by atoms with E-state index in [1.807, 2.05) is 0 Å². The van der Waals surface area contributed by atoms with Crippen LogP contribution in [-0.4, -0.2) is 46.5 Å². The van der Waals surface area contributed by atoms with Crippen LogP contribution in [0.15, 0.2) is 0 Å². The van der Waals surface area contributed by atoms with E-state index in [1.165, 1.54) is 11.8 Å². The second kappa shape index (κ2) is 6.23. The molecule has 0 spiro atoms. The highest BCUT2D eigenvalue weighted by atomic mass is 16.4. The van der Waals surface area contributed by atoms with Gasteiger partial charge in [0.25, 0.3) is 0 Å². The molecule has 18 heavy (non-hydrogen) atoms. The Kier molecular flexibility index (Phi) is 4.94. The zero-order chi connectivity index (χ0) is 13.7. The summed E-state index contributed by atoms with van der Waals surface area (Å²) in [6, 6.07) is -2.41. The van der Waals surface area contributed by atoms with Crippen LogP contribution in [0.25, 0.3) is 0 Å². The van der Waals surface area contributed by atoms with Crippen molar-refractivity contribution in [2.45, 2.75) is 44.7 Å². The van der Waals surface area contributed by atoms with E-state index in [0.29, 0.717) is 13.0 Å². The third-order valence-corrected chi connectivity index (χ3v) is 3.05. The van der Waals surface area contributed by atoms with E-state index in [1.54, 1.807) is 0 Å². The van der Waals surface area contributed by atoms with Crippen molar-refractivity contribution in [3.05, 3.63) is 0 Å². The van der Waals surface area contributed by atoms with Crippen molar-refractivity contribution in [2.24, 2.45) is 5.73 Å². The number of carboxylic acids is 1. The van der Waals surface area contributed by atoms with Crippen LogP contribution < -0.4 is 11.1 Å². The first-order valence-electron chi connectivity index (χ1n) is 6.02. The summed E-state index contributed by atoms with van der Waals surface area (Å²) in [5, 5.41) is 11.4. The molecular weight excluding hydrogens is 238 g/mol. The minimum Gasteiger partial charge on any atom is -0.480 e. The van der Waals surface area contributed by atoms with Gasteiger partial charge in [-0.25, -0.2) is 9.59 Å². The number of nitrogens with one attached hydrogen (secondary N) is 1. The number of likely N-dealkylation sites (tertiary alicyclic amines) is 1. The average molecular weight is 257 g/mol. The minimum atomic E-state index is -1.00. The number of amides is 3. The standard InChI is InChI=1S/C11H19N3O4/c1-7(13-11(12)18)9(15)14-6-4-2-3-5-8(14)10(16)17/h7-8H,2-6H2,1H3,(H,16,17)(H3,12,13,18). The number of carbonyl (C=O) groups is 3. The lowest BCUT2D eigenvalue weighted by atomic mass is 10.1. The van der Waals surface area contributed by atoms with Crippen molar-refractivity contribution in [2.75, 3.05) is 6.54 Å². The molecule has 1 saturated heterocycles. The molecule has 1 rings (SSSR count). The molecule has 1 aliphatic rings. The van der Waals surface area contributed by atoms with Gasteiger partial charge in [0.1, 0.15) is 12.1 Å². The van der Waals surface area contributed by atoms with Gasteiger partial charge < -0.3 is 21.1 Å². The first-order valence-corrected chi connectivity index (χ1v) is 6.02. The molecule has 4 N–H and O–H groups in total. The molecule has 1 heterocycles. The minimum absolute atomic E-state index is 0.400. The quantitative estimate of drug-likeness (QED) is 0.655. The first kappa shape index (κ1) is 14.3. The van der Waals surface area contributed by atoms with Crippen molar-refractivity contribution < 1.29 is 19.5 Å². The lowest BCUT2D eigenvalue weighted by Crippen LogP contribution is -2.53. The van der Waals surface area contributed by atoms with Gasteiger partial charge in [-0.05, 0) is 19.8 Å². The van der Waals surface area contributed by atoms with E-state index in [-0.39, 0.29) is 0 Å². The molecule has 2 unspecified atom stereocenters. The van der Waals surface area contributed by atoms with Gasteiger partial charge in [0, 0.05) is 6.54 Å². The summed E-state index contributed by atoms with van der Waals surface area (Å²) >= 11 is 0. The Morgan fingerprint density at radius 2 is 2.00 bits per heavy atom. The fraction of sp³-hybridized carbons (Fsp3) is 0.727. The summed E-state index contributed by atoms with van der Waals surface area (Å²) in [7, 11) is 0. The molecular formula is C11H19N3O4. The topological polar surface area (TPSA) is 113 Å². The summed E-state index contributed by atoms with van der Waals surface area (Å²) in [4.78, 5) is 35.3. The number of hydrogen-bond acceptors (Lipinski definition) is 3. The highest BCUT2D eigenvalue weighted by Gasteiger charge is 2.33. The van der Waals surface area contributed by atoms with Gasteiger partial charge in [-0.15, -0.1) is 0 Å². The van der Waals surface area contributed by atoms with Gasteiger partial charge in [-0.3, -0.25) is 4.79 Å². The van der Waals surface area contributed by atoms with Crippen molar-refractivity contribution in [3.63, 3.8) is 0 Å². The van der Waals surface area contributed by atoms with Gasteiger partial charge in [-0.2, -0.15) is 0 Å². The lowest BCUT2D eigenvalue weighted by Gasteiger charge is -2.29. The van der Waals surface area contributed by atoms with Crippen LogP contribution in [-0.2, 0) is 9.59 Å². The highest BCUT2D eigenvalue weighted by molar-refractivity contribution is 5.89. The number of primary amides is 1. The van der Waals surface area contributed by atoms with Gasteiger partial charge in [0.15, 0.2) is 0 Å². The van der Waals surface area contributed by atoms with E-state index in [0.717, 1.165) is 19.3 Å². The summed E-state index contributed by atoms with van der Waals surface area (Å²) in [6.07, 6.45) is 2.92. The number of urea groups is 1. The Bertz CT molecular complexity index is 345. The zero-order valence-electron chi connectivity index (χ0n) is 10.4. The number of nitrogens with two attached hydrogens (primary N) is 1. The van der Waals surface area contributed by atoms with Crippen LogP contribution in [0.2, 0.25) is 0 Å². The Labute approximate surface area is 105 Å². The molecule has 0 radical (unpaired) electrons. The molecule has 0 aromatic rings. The molecule has 1 fully saturated rings. The molecule has 0 bridgehead atoms. The molecule has 7 nitrogen and oxygen atoms in total. The van der Waals surface area contributed by atoms with E-state index in [4.69, 9.17) is 10.8 Å². The molecule has 2 atom stereocenters. The number of carbonyl (C=O) groups excluding carboxylic acids is 2.